The van der Waals surface area contributed by atoms with Gasteiger partial charge in [-0.3, -0.25) is 0 Å². The first-order valence-corrected chi connectivity index (χ1v) is 3.69. The first-order valence-electron chi connectivity index (χ1n) is 3.69. The summed E-state index contributed by atoms with van der Waals surface area (Å²) in [6.45, 7) is 7.55. The van der Waals surface area contributed by atoms with E-state index in [1.807, 2.05) is 32.0 Å². The Bertz CT molecular complexity index is 251. The highest BCUT2D eigenvalue weighted by Crippen LogP contribution is 2.17. The van der Waals surface area contributed by atoms with Gasteiger partial charge in [0, 0.05) is 0 Å². The van der Waals surface area contributed by atoms with Crippen molar-refractivity contribution >= 4 is 0 Å². The molecule has 11 heavy (non-hydrogen) atoms. The summed E-state index contributed by atoms with van der Waals surface area (Å²) in [6.07, 6.45) is -0.602. The van der Waals surface area contributed by atoms with Gasteiger partial charge in [-0.25, -0.2) is 0 Å². The van der Waals surface area contributed by atoms with E-state index in [2.05, 4.69) is 6.92 Å². The molecule has 1 rings (SSSR count). The predicted octanol–water partition coefficient (Wildman–Crippen LogP) is 2.17. The first-order chi connectivity index (χ1) is 5.11. The molecule has 0 amide bonds. The number of aliphatic hydroxyl groups is 1. The third-order valence-corrected chi connectivity index (χ3v) is 1.79. The van der Waals surface area contributed by atoms with Crippen LogP contribution in [0.15, 0.2) is 18.2 Å². The fourth-order valence-electron chi connectivity index (χ4n) is 1.12. The third kappa shape index (κ3) is 1.81. The summed E-state index contributed by atoms with van der Waals surface area (Å²) in [7, 11) is 0. The molecule has 0 aromatic heterocycles. The van der Waals surface area contributed by atoms with Gasteiger partial charge in [0.2, 0.25) is 0 Å². The Morgan fingerprint density at radius 1 is 1.36 bits per heavy atom. The van der Waals surface area contributed by atoms with Crippen molar-refractivity contribution in [3.05, 3.63) is 41.8 Å². The van der Waals surface area contributed by atoms with Crippen LogP contribution in [0.25, 0.3) is 0 Å². The molecule has 1 aromatic carbocycles. The zero-order valence-corrected chi connectivity index (χ0v) is 6.96. The highest BCUT2D eigenvalue weighted by Gasteiger charge is 2.03. The Kier molecular flexibility index (Phi) is 2.30. The van der Waals surface area contributed by atoms with Crippen molar-refractivity contribution in [1.82, 2.24) is 0 Å². The summed E-state index contributed by atoms with van der Waals surface area (Å²) >= 11 is 0. The summed E-state index contributed by atoms with van der Waals surface area (Å²) in [5.41, 5.74) is 3.18. The largest absolute Gasteiger partial charge is 0.388 e. The molecule has 1 aromatic rings. The van der Waals surface area contributed by atoms with Crippen LogP contribution in [0.1, 0.15) is 22.8 Å². The quantitative estimate of drug-likeness (QED) is 0.648. The predicted molar refractivity (Wildman–Crippen MR) is 46.2 cm³/mol. The van der Waals surface area contributed by atoms with E-state index in [9.17, 15) is 5.11 Å². The minimum Gasteiger partial charge on any atom is -0.388 e. The number of hydrogen-bond donors (Lipinski definition) is 1. The van der Waals surface area contributed by atoms with Gasteiger partial charge in [-0.05, 0) is 31.9 Å². The molecule has 1 unspecified atom stereocenters. The van der Waals surface area contributed by atoms with E-state index in [4.69, 9.17) is 0 Å². The molecule has 1 nitrogen and oxygen atoms in total. The molecule has 0 aliphatic rings. The third-order valence-electron chi connectivity index (χ3n) is 1.79. The molecule has 1 heteroatoms. The lowest BCUT2D eigenvalue weighted by molar-refractivity contribution is 0.225. The van der Waals surface area contributed by atoms with Crippen LogP contribution in [0.3, 0.4) is 0 Å². The molecule has 0 spiro atoms. The maximum atomic E-state index is 9.22. The average Bonchev–Trinajstić information content (AvgIpc) is 1.94. The molecule has 0 bridgehead atoms. The van der Waals surface area contributed by atoms with Gasteiger partial charge in [-0.2, -0.15) is 0 Å². The average molecular weight is 149 g/mol. The summed E-state index contributed by atoms with van der Waals surface area (Å²) in [5.74, 6) is 0. The van der Waals surface area contributed by atoms with Crippen molar-refractivity contribution in [2.75, 3.05) is 0 Å². The van der Waals surface area contributed by atoms with E-state index < -0.39 is 6.10 Å². The van der Waals surface area contributed by atoms with Crippen LogP contribution < -0.4 is 0 Å². The molecular formula is C10H13O. The molecule has 0 heterocycles. The van der Waals surface area contributed by atoms with Crippen molar-refractivity contribution in [2.45, 2.75) is 20.0 Å². The maximum Gasteiger partial charge on any atom is 0.0793 e. The molecule has 0 aliphatic heterocycles. The van der Waals surface area contributed by atoms with Crippen molar-refractivity contribution < 1.29 is 5.11 Å². The highest BCUT2D eigenvalue weighted by molar-refractivity contribution is 5.32. The number of benzene rings is 1. The fourth-order valence-corrected chi connectivity index (χ4v) is 1.12. The Balaban J connectivity index is 3.13. The second-order valence-electron chi connectivity index (χ2n) is 2.88. The van der Waals surface area contributed by atoms with E-state index in [0.717, 1.165) is 16.7 Å². The van der Waals surface area contributed by atoms with Crippen LogP contribution in [0, 0.1) is 20.8 Å². The first kappa shape index (κ1) is 8.28. The fraction of sp³-hybridized carbons (Fsp3) is 0.300. The van der Waals surface area contributed by atoms with Gasteiger partial charge in [-0.15, -0.1) is 0 Å². The summed E-state index contributed by atoms with van der Waals surface area (Å²) in [4.78, 5) is 0. The minimum atomic E-state index is -0.602. The smallest absolute Gasteiger partial charge is 0.0793 e. The lowest BCUT2D eigenvalue weighted by Gasteiger charge is -2.08. The van der Waals surface area contributed by atoms with E-state index >= 15 is 0 Å². The molecule has 0 aliphatic carbocycles. The van der Waals surface area contributed by atoms with E-state index in [0.29, 0.717) is 0 Å². The summed E-state index contributed by atoms with van der Waals surface area (Å²) in [6, 6.07) is 5.99. The maximum absolute atomic E-state index is 9.22. The van der Waals surface area contributed by atoms with Gasteiger partial charge >= 0.3 is 0 Å². The molecular weight excluding hydrogens is 136 g/mol. The van der Waals surface area contributed by atoms with Gasteiger partial charge in [0.25, 0.3) is 0 Å². The zero-order valence-electron chi connectivity index (χ0n) is 6.96. The van der Waals surface area contributed by atoms with E-state index in [1.54, 1.807) is 0 Å². The number of rotatable bonds is 1. The van der Waals surface area contributed by atoms with Crippen LogP contribution in [0.5, 0.6) is 0 Å². The Labute approximate surface area is 67.7 Å². The molecule has 1 radical (unpaired) electrons. The second kappa shape index (κ2) is 3.05. The number of aliphatic hydroxyl groups excluding tert-OH is 1. The SMILES string of the molecule is [CH2]C(O)c1cc(C)ccc1C. The number of hydrogen-bond acceptors (Lipinski definition) is 1. The second-order valence-corrected chi connectivity index (χ2v) is 2.88. The lowest BCUT2D eigenvalue weighted by Crippen LogP contribution is -1.95. The monoisotopic (exact) mass is 149 g/mol. The molecule has 1 atom stereocenters. The van der Waals surface area contributed by atoms with Crippen LogP contribution in [0.2, 0.25) is 0 Å². The van der Waals surface area contributed by atoms with Crippen molar-refractivity contribution in [3.8, 4) is 0 Å². The van der Waals surface area contributed by atoms with Crippen molar-refractivity contribution in [3.63, 3.8) is 0 Å². The lowest BCUT2D eigenvalue weighted by atomic mass is 10.0. The molecule has 0 saturated heterocycles. The van der Waals surface area contributed by atoms with Gasteiger partial charge in [0.15, 0.2) is 0 Å². The molecule has 0 fully saturated rings. The standard InChI is InChI=1S/C10H13O/c1-7-4-5-8(2)10(6-7)9(3)11/h4-6,9,11H,3H2,1-2H3. The zero-order chi connectivity index (χ0) is 8.43. The van der Waals surface area contributed by atoms with Gasteiger partial charge in [0.1, 0.15) is 0 Å². The van der Waals surface area contributed by atoms with Gasteiger partial charge < -0.3 is 5.11 Å². The minimum absolute atomic E-state index is 0.602. The van der Waals surface area contributed by atoms with Crippen molar-refractivity contribution in [2.24, 2.45) is 0 Å². The summed E-state index contributed by atoms with van der Waals surface area (Å²) in [5, 5.41) is 9.22. The van der Waals surface area contributed by atoms with Crippen LogP contribution in [-0.2, 0) is 0 Å². The van der Waals surface area contributed by atoms with E-state index in [-0.39, 0.29) is 0 Å². The normalized spacial score (nSPS) is 13.1. The molecule has 59 valence electrons. The highest BCUT2D eigenvalue weighted by atomic mass is 16.3. The van der Waals surface area contributed by atoms with Crippen LogP contribution >= 0.6 is 0 Å². The van der Waals surface area contributed by atoms with Gasteiger partial charge in [-0.1, -0.05) is 23.8 Å². The molecule has 0 saturated carbocycles. The van der Waals surface area contributed by atoms with E-state index in [1.165, 1.54) is 0 Å². The summed E-state index contributed by atoms with van der Waals surface area (Å²) < 4.78 is 0. The number of aryl methyl sites for hydroxylation is 2. The topological polar surface area (TPSA) is 20.2 Å². The van der Waals surface area contributed by atoms with Crippen molar-refractivity contribution in [1.29, 1.82) is 0 Å². The van der Waals surface area contributed by atoms with Gasteiger partial charge in [0.05, 0.1) is 6.10 Å². The Morgan fingerprint density at radius 2 is 2.00 bits per heavy atom. The van der Waals surface area contributed by atoms with Crippen LogP contribution in [0.4, 0.5) is 0 Å². The Morgan fingerprint density at radius 3 is 2.45 bits per heavy atom. The Hall–Kier alpha value is -0.820. The molecule has 1 N–H and O–H groups in total. The van der Waals surface area contributed by atoms with Crippen LogP contribution in [-0.4, -0.2) is 5.11 Å².